The summed E-state index contributed by atoms with van der Waals surface area (Å²) in [5, 5.41) is 3.24. The average Bonchev–Trinajstić information content (AvgIpc) is 2.77. The number of carbonyl (C=O) groups is 1. The second-order valence-electron chi connectivity index (χ2n) is 8.16. The molecule has 1 N–H and O–H groups in total. The van der Waals surface area contributed by atoms with Crippen LogP contribution in [0.2, 0.25) is 0 Å². The Morgan fingerprint density at radius 1 is 1.13 bits per heavy atom. The van der Waals surface area contributed by atoms with Crippen molar-refractivity contribution < 1.29 is 9.53 Å². The highest BCUT2D eigenvalue weighted by Crippen LogP contribution is 2.56. The Hall–Kier alpha value is -1.51. The molecule has 1 aromatic rings. The Morgan fingerprint density at radius 2 is 1.78 bits per heavy atom. The molecular weight excluding hydrogens is 286 g/mol. The number of ether oxygens (including phenoxy) is 1. The summed E-state index contributed by atoms with van der Waals surface area (Å²) in [5.74, 6) is 3.67. The lowest BCUT2D eigenvalue weighted by molar-refractivity contribution is 0.0614. The van der Waals surface area contributed by atoms with Gasteiger partial charge in [0.1, 0.15) is 5.75 Å². The van der Waals surface area contributed by atoms with Gasteiger partial charge in [-0.2, -0.15) is 0 Å². The second-order valence-corrected chi connectivity index (χ2v) is 8.16. The molecule has 4 aliphatic carbocycles. The average molecular weight is 313 g/mol. The van der Waals surface area contributed by atoms with E-state index in [4.69, 9.17) is 4.74 Å². The van der Waals surface area contributed by atoms with Crippen LogP contribution in [-0.2, 0) is 0 Å². The first-order valence-electron chi connectivity index (χ1n) is 9.08. The zero-order chi connectivity index (χ0) is 15.9. The van der Waals surface area contributed by atoms with Crippen LogP contribution in [0, 0.1) is 23.2 Å². The topological polar surface area (TPSA) is 38.3 Å². The molecule has 0 heterocycles. The van der Waals surface area contributed by atoms with Gasteiger partial charge in [0.15, 0.2) is 0 Å². The second kappa shape index (κ2) is 5.85. The number of hydrogen-bond acceptors (Lipinski definition) is 2. The van der Waals surface area contributed by atoms with Crippen molar-refractivity contribution in [2.45, 2.75) is 44.9 Å². The van der Waals surface area contributed by atoms with Gasteiger partial charge < -0.3 is 10.1 Å². The zero-order valence-corrected chi connectivity index (χ0v) is 14.0. The number of rotatable bonds is 4. The maximum Gasteiger partial charge on any atom is 0.251 e. The van der Waals surface area contributed by atoms with Crippen LogP contribution < -0.4 is 10.1 Å². The molecule has 2 atom stereocenters. The van der Waals surface area contributed by atoms with Gasteiger partial charge in [-0.3, -0.25) is 4.79 Å². The molecule has 0 spiro atoms. The molecule has 3 nitrogen and oxygen atoms in total. The maximum atomic E-state index is 12.5. The molecule has 23 heavy (non-hydrogen) atoms. The number of nitrogens with one attached hydrogen (secondary N) is 1. The summed E-state index contributed by atoms with van der Waals surface area (Å²) in [6, 6.07) is 7.40. The Kier molecular flexibility index (Phi) is 3.82. The summed E-state index contributed by atoms with van der Waals surface area (Å²) < 4.78 is 5.16. The van der Waals surface area contributed by atoms with Crippen molar-refractivity contribution in [3.8, 4) is 5.75 Å². The molecule has 2 unspecified atom stereocenters. The molecule has 4 bridgehead atoms. The summed E-state index contributed by atoms with van der Waals surface area (Å²) in [7, 11) is 1.64. The normalized spacial score (nSPS) is 34.9. The molecule has 5 rings (SSSR count). The third-order valence-corrected chi connectivity index (χ3v) is 6.50. The van der Waals surface area contributed by atoms with E-state index < -0.39 is 0 Å². The van der Waals surface area contributed by atoms with Crippen LogP contribution in [0.4, 0.5) is 0 Å². The SMILES string of the molecule is COc1ccc(C(=O)NCC23CCC4CC(CC(C4)C2)C3)cc1. The van der Waals surface area contributed by atoms with E-state index in [-0.39, 0.29) is 5.91 Å². The molecule has 124 valence electrons. The Morgan fingerprint density at radius 3 is 2.43 bits per heavy atom. The molecule has 4 fully saturated rings. The van der Waals surface area contributed by atoms with Crippen molar-refractivity contribution in [1.82, 2.24) is 5.32 Å². The van der Waals surface area contributed by atoms with E-state index in [2.05, 4.69) is 5.32 Å². The van der Waals surface area contributed by atoms with Crippen molar-refractivity contribution >= 4 is 5.91 Å². The molecule has 1 aromatic carbocycles. The van der Waals surface area contributed by atoms with Gasteiger partial charge in [0.05, 0.1) is 7.11 Å². The lowest BCUT2D eigenvalue weighted by atomic mass is 9.61. The molecule has 4 aliphatic rings. The summed E-state index contributed by atoms with van der Waals surface area (Å²) >= 11 is 0. The van der Waals surface area contributed by atoms with E-state index in [1.54, 1.807) is 7.11 Å². The number of hydrogen-bond donors (Lipinski definition) is 1. The summed E-state index contributed by atoms with van der Waals surface area (Å²) in [6.45, 7) is 0.859. The van der Waals surface area contributed by atoms with Crippen molar-refractivity contribution in [3.63, 3.8) is 0 Å². The van der Waals surface area contributed by atoms with Crippen LogP contribution in [-0.4, -0.2) is 19.6 Å². The van der Waals surface area contributed by atoms with Gasteiger partial charge in [0, 0.05) is 12.1 Å². The van der Waals surface area contributed by atoms with E-state index in [1.165, 1.54) is 44.9 Å². The summed E-state index contributed by atoms with van der Waals surface area (Å²) in [4.78, 5) is 12.5. The first-order chi connectivity index (χ1) is 11.2. The van der Waals surface area contributed by atoms with Gasteiger partial charge >= 0.3 is 0 Å². The van der Waals surface area contributed by atoms with Crippen LogP contribution in [0.3, 0.4) is 0 Å². The summed E-state index contributed by atoms with van der Waals surface area (Å²) in [6.07, 6.45) is 9.71. The van der Waals surface area contributed by atoms with E-state index in [1.807, 2.05) is 24.3 Å². The van der Waals surface area contributed by atoms with Crippen LogP contribution >= 0.6 is 0 Å². The standard InChI is InChI=1S/C20H27NO2/c1-23-18-4-2-17(3-5-18)19(22)21-13-20-7-6-14-8-15(11-20)10-16(9-14)12-20/h2-5,14-16H,6-13H2,1H3,(H,21,22). The highest BCUT2D eigenvalue weighted by molar-refractivity contribution is 5.94. The lowest BCUT2D eigenvalue weighted by Gasteiger charge is -2.45. The third-order valence-electron chi connectivity index (χ3n) is 6.50. The largest absolute Gasteiger partial charge is 0.497 e. The molecule has 0 aromatic heterocycles. The highest BCUT2D eigenvalue weighted by atomic mass is 16.5. The minimum atomic E-state index is 0.0562. The van der Waals surface area contributed by atoms with Gasteiger partial charge in [0.2, 0.25) is 0 Å². The van der Waals surface area contributed by atoms with Crippen LogP contribution in [0.15, 0.2) is 24.3 Å². The van der Waals surface area contributed by atoms with Gasteiger partial charge in [-0.25, -0.2) is 0 Å². The molecule has 3 heteroatoms. The van der Waals surface area contributed by atoms with Gasteiger partial charge in [-0.1, -0.05) is 0 Å². The fraction of sp³-hybridized carbons (Fsp3) is 0.650. The fourth-order valence-electron chi connectivity index (χ4n) is 5.64. The molecule has 0 saturated heterocycles. The van der Waals surface area contributed by atoms with E-state index in [0.29, 0.717) is 5.41 Å². The van der Waals surface area contributed by atoms with Gasteiger partial charge in [-0.05, 0) is 92.4 Å². The highest BCUT2D eigenvalue weighted by Gasteiger charge is 2.47. The Labute approximate surface area is 138 Å². The van der Waals surface area contributed by atoms with Gasteiger partial charge in [0.25, 0.3) is 5.91 Å². The van der Waals surface area contributed by atoms with E-state index in [9.17, 15) is 4.79 Å². The monoisotopic (exact) mass is 313 g/mol. The minimum absolute atomic E-state index is 0.0562. The zero-order valence-electron chi connectivity index (χ0n) is 14.0. The predicted molar refractivity (Wildman–Crippen MR) is 90.5 cm³/mol. The van der Waals surface area contributed by atoms with Crippen molar-refractivity contribution in [2.24, 2.45) is 23.2 Å². The number of benzene rings is 1. The third kappa shape index (κ3) is 2.98. The summed E-state index contributed by atoms with van der Waals surface area (Å²) in [5.41, 5.74) is 1.11. The van der Waals surface area contributed by atoms with Crippen molar-refractivity contribution in [2.75, 3.05) is 13.7 Å². The first-order valence-corrected chi connectivity index (χ1v) is 9.08. The van der Waals surface area contributed by atoms with E-state index in [0.717, 1.165) is 35.6 Å². The molecule has 1 amide bonds. The molecule has 0 radical (unpaired) electrons. The minimum Gasteiger partial charge on any atom is -0.497 e. The molecule has 4 saturated carbocycles. The van der Waals surface area contributed by atoms with Gasteiger partial charge in [-0.15, -0.1) is 0 Å². The van der Waals surface area contributed by atoms with Crippen LogP contribution in [0.25, 0.3) is 0 Å². The number of carbonyl (C=O) groups excluding carboxylic acids is 1. The smallest absolute Gasteiger partial charge is 0.251 e. The van der Waals surface area contributed by atoms with Crippen LogP contribution in [0.1, 0.15) is 55.3 Å². The predicted octanol–water partition coefficient (Wildman–Crippen LogP) is 4.03. The Balaban J connectivity index is 1.42. The first kappa shape index (κ1) is 15.0. The quantitative estimate of drug-likeness (QED) is 0.911. The molecular formula is C20H27NO2. The van der Waals surface area contributed by atoms with E-state index >= 15 is 0 Å². The van der Waals surface area contributed by atoms with Crippen molar-refractivity contribution in [3.05, 3.63) is 29.8 Å². The van der Waals surface area contributed by atoms with Crippen LogP contribution in [0.5, 0.6) is 5.75 Å². The maximum absolute atomic E-state index is 12.5. The fourth-order valence-corrected chi connectivity index (χ4v) is 5.64. The Bertz CT molecular complexity index is 566. The molecule has 0 aliphatic heterocycles. The van der Waals surface area contributed by atoms with Crippen molar-refractivity contribution in [1.29, 1.82) is 0 Å². The lowest BCUT2D eigenvalue weighted by Crippen LogP contribution is -2.42. The number of fused-ring (bicyclic) bond motifs is 1. The number of methoxy groups -OCH3 is 1. The number of amides is 1.